The van der Waals surface area contributed by atoms with E-state index in [4.69, 9.17) is 9.15 Å². The topological polar surface area (TPSA) is 71.8 Å². The van der Waals surface area contributed by atoms with E-state index in [9.17, 15) is 9.59 Å². The van der Waals surface area contributed by atoms with E-state index in [-0.39, 0.29) is 17.9 Å². The number of benzene rings is 2. The second-order valence-corrected chi connectivity index (χ2v) is 7.11. The highest BCUT2D eigenvalue weighted by atomic mass is 16.5. The minimum absolute atomic E-state index is 0.0377. The predicted octanol–water partition coefficient (Wildman–Crippen LogP) is 3.28. The van der Waals surface area contributed by atoms with Crippen molar-refractivity contribution in [2.45, 2.75) is 26.0 Å². The van der Waals surface area contributed by atoms with Gasteiger partial charge in [-0.1, -0.05) is 30.3 Å². The second-order valence-electron chi connectivity index (χ2n) is 7.11. The smallest absolute Gasteiger partial charge is 0.255 e. The second kappa shape index (κ2) is 7.38. The number of fused-ring (bicyclic) bond motifs is 1. The molecular formula is C22H22N2O4. The zero-order valence-corrected chi connectivity index (χ0v) is 15.9. The molecule has 3 aromatic rings. The summed E-state index contributed by atoms with van der Waals surface area (Å²) in [5, 5.41) is 3.66. The quantitative estimate of drug-likeness (QED) is 0.740. The van der Waals surface area contributed by atoms with E-state index in [1.54, 1.807) is 18.9 Å². The number of ether oxygens (including phenoxy) is 1. The molecule has 144 valence electrons. The number of hydrogen-bond donors (Lipinski definition) is 1. The van der Waals surface area contributed by atoms with Crippen molar-refractivity contribution < 1.29 is 18.7 Å². The minimum atomic E-state index is -0.232. The van der Waals surface area contributed by atoms with Gasteiger partial charge in [0.25, 0.3) is 5.91 Å². The van der Waals surface area contributed by atoms with Crippen LogP contribution in [0.4, 0.5) is 0 Å². The van der Waals surface area contributed by atoms with Crippen molar-refractivity contribution in [3.8, 4) is 5.75 Å². The third-order valence-corrected chi connectivity index (χ3v) is 4.99. The van der Waals surface area contributed by atoms with E-state index in [0.717, 1.165) is 5.56 Å². The predicted molar refractivity (Wildman–Crippen MR) is 105 cm³/mol. The molecule has 6 nitrogen and oxygen atoms in total. The van der Waals surface area contributed by atoms with Crippen molar-refractivity contribution in [2.24, 2.45) is 0 Å². The monoisotopic (exact) mass is 378 g/mol. The van der Waals surface area contributed by atoms with Crippen LogP contribution in [0.25, 0.3) is 11.0 Å². The lowest BCUT2D eigenvalue weighted by Gasteiger charge is -2.12. The summed E-state index contributed by atoms with van der Waals surface area (Å²) in [6, 6.07) is 15.2. The van der Waals surface area contributed by atoms with Gasteiger partial charge in [-0.2, -0.15) is 0 Å². The summed E-state index contributed by atoms with van der Waals surface area (Å²) in [6.45, 7) is 2.73. The fourth-order valence-electron chi connectivity index (χ4n) is 3.53. The Kier molecular flexibility index (Phi) is 4.77. The van der Waals surface area contributed by atoms with Gasteiger partial charge < -0.3 is 19.4 Å². The molecule has 2 heterocycles. The first-order valence-electron chi connectivity index (χ1n) is 9.26. The highest BCUT2D eigenvalue weighted by Gasteiger charge is 2.29. The molecule has 1 saturated heterocycles. The van der Waals surface area contributed by atoms with Crippen LogP contribution in [0.15, 0.2) is 52.9 Å². The van der Waals surface area contributed by atoms with Crippen molar-refractivity contribution in [3.05, 3.63) is 65.4 Å². The molecule has 1 unspecified atom stereocenters. The van der Waals surface area contributed by atoms with Crippen LogP contribution in [0.3, 0.4) is 0 Å². The highest BCUT2D eigenvalue weighted by molar-refractivity contribution is 6.07. The Hall–Kier alpha value is -3.28. The van der Waals surface area contributed by atoms with E-state index >= 15 is 0 Å². The molecule has 1 aliphatic rings. The third-order valence-electron chi connectivity index (χ3n) is 4.99. The van der Waals surface area contributed by atoms with Gasteiger partial charge in [-0.05, 0) is 30.7 Å². The average Bonchev–Trinajstić information content (AvgIpc) is 3.18. The van der Waals surface area contributed by atoms with Gasteiger partial charge in [0.05, 0.1) is 11.6 Å². The number of carbonyl (C=O) groups is 2. The van der Waals surface area contributed by atoms with Crippen LogP contribution >= 0.6 is 0 Å². The summed E-state index contributed by atoms with van der Waals surface area (Å²) in [4.78, 5) is 26.2. The normalized spacial score (nSPS) is 16.6. The molecule has 1 aromatic heterocycles. The molecule has 0 saturated carbocycles. The van der Waals surface area contributed by atoms with Gasteiger partial charge in [0.15, 0.2) is 0 Å². The summed E-state index contributed by atoms with van der Waals surface area (Å²) in [7, 11) is 1.74. The number of carbonyl (C=O) groups excluding carboxylic acids is 2. The van der Waals surface area contributed by atoms with E-state index in [0.29, 0.717) is 47.6 Å². The maximum atomic E-state index is 12.9. The lowest BCUT2D eigenvalue weighted by Crippen LogP contribution is -2.36. The van der Waals surface area contributed by atoms with Crippen molar-refractivity contribution in [2.75, 3.05) is 13.6 Å². The highest BCUT2D eigenvalue weighted by Crippen LogP contribution is 2.29. The van der Waals surface area contributed by atoms with Gasteiger partial charge in [0.2, 0.25) is 5.91 Å². The van der Waals surface area contributed by atoms with E-state index < -0.39 is 0 Å². The van der Waals surface area contributed by atoms with E-state index in [1.807, 2.05) is 48.5 Å². The number of furan rings is 1. The number of nitrogens with one attached hydrogen (secondary N) is 1. The molecule has 1 N–H and O–H groups in total. The van der Waals surface area contributed by atoms with Crippen molar-refractivity contribution in [1.82, 2.24) is 10.2 Å². The number of aryl methyl sites for hydroxylation is 1. The maximum absolute atomic E-state index is 12.9. The van der Waals surface area contributed by atoms with Crippen molar-refractivity contribution in [3.63, 3.8) is 0 Å². The Bertz CT molecular complexity index is 1030. The summed E-state index contributed by atoms with van der Waals surface area (Å²) in [5.74, 6) is 1.02. The fourth-order valence-corrected chi connectivity index (χ4v) is 3.53. The number of likely N-dealkylation sites (tertiary alicyclic amines) is 1. The molecule has 6 heteroatoms. The van der Waals surface area contributed by atoms with Crippen LogP contribution in [0.2, 0.25) is 0 Å². The van der Waals surface area contributed by atoms with E-state index in [2.05, 4.69) is 5.32 Å². The number of amides is 2. The zero-order valence-electron chi connectivity index (χ0n) is 15.9. The molecule has 1 fully saturated rings. The fraction of sp³-hybridized carbons (Fsp3) is 0.273. The maximum Gasteiger partial charge on any atom is 0.255 e. The number of rotatable bonds is 5. The van der Waals surface area contributed by atoms with Crippen LogP contribution < -0.4 is 10.1 Å². The van der Waals surface area contributed by atoms with Crippen molar-refractivity contribution >= 4 is 22.8 Å². The number of likely N-dealkylation sites (N-methyl/N-ethyl adjacent to an activating group) is 1. The molecule has 0 aliphatic carbocycles. The molecule has 2 amide bonds. The van der Waals surface area contributed by atoms with Crippen LogP contribution in [-0.4, -0.2) is 36.3 Å². The molecule has 0 radical (unpaired) electrons. The van der Waals surface area contributed by atoms with Gasteiger partial charge in [0, 0.05) is 25.4 Å². The summed E-state index contributed by atoms with van der Waals surface area (Å²) >= 11 is 0. The lowest BCUT2D eigenvalue weighted by atomic mass is 10.1. The molecule has 1 atom stereocenters. The first-order chi connectivity index (χ1) is 13.5. The standard InChI is InChI=1S/C22H22N2O4/c1-14-21(22(26)23-16-10-20(25)24(2)12-16)18-11-17(8-9-19(18)28-14)27-13-15-6-4-3-5-7-15/h3-9,11,16H,10,12-13H2,1-2H3,(H,23,26). The lowest BCUT2D eigenvalue weighted by molar-refractivity contribution is -0.126. The molecule has 28 heavy (non-hydrogen) atoms. The first-order valence-corrected chi connectivity index (χ1v) is 9.26. The van der Waals surface area contributed by atoms with Crippen LogP contribution in [-0.2, 0) is 11.4 Å². The Balaban J connectivity index is 1.55. The Labute approximate surface area is 163 Å². The summed E-state index contributed by atoms with van der Waals surface area (Å²) < 4.78 is 11.6. The molecule has 4 rings (SSSR count). The van der Waals surface area contributed by atoms with Gasteiger partial charge in [-0.25, -0.2) is 0 Å². The van der Waals surface area contributed by atoms with Crippen molar-refractivity contribution in [1.29, 1.82) is 0 Å². The Morgan fingerprint density at radius 1 is 1.25 bits per heavy atom. The third kappa shape index (κ3) is 3.58. The molecule has 2 aromatic carbocycles. The number of nitrogens with zero attached hydrogens (tertiary/aromatic N) is 1. The molecule has 0 spiro atoms. The first kappa shape index (κ1) is 18.1. The van der Waals surface area contributed by atoms with Crippen LogP contribution in [0.5, 0.6) is 5.75 Å². The van der Waals surface area contributed by atoms with Crippen LogP contribution in [0, 0.1) is 6.92 Å². The summed E-state index contributed by atoms with van der Waals surface area (Å²) in [5.41, 5.74) is 2.19. The van der Waals surface area contributed by atoms with Gasteiger partial charge in [-0.3, -0.25) is 9.59 Å². The Morgan fingerprint density at radius 2 is 2.04 bits per heavy atom. The largest absolute Gasteiger partial charge is 0.489 e. The molecular weight excluding hydrogens is 356 g/mol. The molecule has 0 bridgehead atoms. The van der Waals surface area contributed by atoms with Gasteiger partial charge in [0.1, 0.15) is 23.7 Å². The average molecular weight is 378 g/mol. The Morgan fingerprint density at radius 3 is 2.75 bits per heavy atom. The van der Waals surface area contributed by atoms with Crippen LogP contribution in [0.1, 0.15) is 28.1 Å². The summed E-state index contributed by atoms with van der Waals surface area (Å²) in [6.07, 6.45) is 0.322. The van der Waals surface area contributed by atoms with Gasteiger partial charge in [-0.15, -0.1) is 0 Å². The zero-order chi connectivity index (χ0) is 19.7. The van der Waals surface area contributed by atoms with Gasteiger partial charge >= 0.3 is 0 Å². The minimum Gasteiger partial charge on any atom is -0.489 e. The number of hydrogen-bond acceptors (Lipinski definition) is 4. The SMILES string of the molecule is Cc1oc2ccc(OCc3ccccc3)cc2c1C(=O)NC1CC(=O)N(C)C1. The van der Waals surface area contributed by atoms with E-state index in [1.165, 1.54) is 0 Å². The molecule has 1 aliphatic heterocycles.